The standard InChI is InChI=1S/C19H33N5/c1-15(2)14-22-19(20)21-8-9-23-10-12-24(13-11-23)18-7-5-6-16(3)17(18)4/h5-7,15H,8-14H2,1-4H3,(H3,20,21,22). The van der Waals surface area contributed by atoms with E-state index in [1.165, 1.54) is 16.8 Å². The molecule has 0 bridgehead atoms. The molecule has 0 aromatic heterocycles. The highest BCUT2D eigenvalue weighted by Crippen LogP contribution is 2.23. The summed E-state index contributed by atoms with van der Waals surface area (Å²) in [6.07, 6.45) is 0. The van der Waals surface area contributed by atoms with Crippen molar-refractivity contribution in [1.29, 1.82) is 0 Å². The van der Waals surface area contributed by atoms with Gasteiger partial charge in [-0.15, -0.1) is 0 Å². The average Bonchev–Trinajstić information content (AvgIpc) is 2.56. The lowest BCUT2D eigenvalue weighted by atomic mass is 10.1. The Morgan fingerprint density at radius 3 is 2.58 bits per heavy atom. The van der Waals surface area contributed by atoms with Crippen LogP contribution in [0.4, 0.5) is 5.69 Å². The SMILES string of the molecule is Cc1cccc(N2CCN(CCNC(N)=NCC(C)C)CC2)c1C. The molecule has 0 atom stereocenters. The number of hydrogen-bond acceptors (Lipinski definition) is 3. The van der Waals surface area contributed by atoms with Gasteiger partial charge in [0, 0.05) is 51.5 Å². The van der Waals surface area contributed by atoms with Crippen molar-refractivity contribution in [2.45, 2.75) is 27.7 Å². The zero-order valence-electron chi connectivity index (χ0n) is 15.7. The number of hydrogen-bond donors (Lipinski definition) is 2. The molecule has 1 saturated heterocycles. The largest absolute Gasteiger partial charge is 0.370 e. The third-order valence-electron chi connectivity index (χ3n) is 4.65. The Morgan fingerprint density at radius 1 is 1.21 bits per heavy atom. The van der Waals surface area contributed by atoms with E-state index in [4.69, 9.17) is 5.73 Å². The van der Waals surface area contributed by atoms with Crippen LogP contribution in [0.2, 0.25) is 0 Å². The predicted molar refractivity (Wildman–Crippen MR) is 104 cm³/mol. The molecular formula is C19H33N5. The van der Waals surface area contributed by atoms with Crippen molar-refractivity contribution in [1.82, 2.24) is 10.2 Å². The van der Waals surface area contributed by atoms with Crippen molar-refractivity contribution in [2.75, 3.05) is 50.7 Å². The maximum Gasteiger partial charge on any atom is 0.188 e. The highest BCUT2D eigenvalue weighted by atomic mass is 15.3. The van der Waals surface area contributed by atoms with Crippen LogP contribution in [0.3, 0.4) is 0 Å². The van der Waals surface area contributed by atoms with Gasteiger partial charge in [0.2, 0.25) is 0 Å². The first kappa shape index (κ1) is 18.6. The first-order valence-electron chi connectivity index (χ1n) is 9.04. The average molecular weight is 332 g/mol. The minimum absolute atomic E-state index is 0.545. The van der Waals surface area contributed by atoms with Crippen molar-refractivity contribution in [3.63, 3.8) is 0 Å². The second-order valence-corrected chi connectivity index (χ2v) is 7.09. The van der Waals surface area contributed by atoms with Crippen LogP contribution in [0.25, 0.3) is 0 Å². The lowest BCUT2D eigenvalue weighted by molar-refractivity contribution is 0.261. The van der Waals surface area contributed by atoms with Crippen LogP contribution in [0.15, 0.2) is 23.2 Å². The number of aliphatic imine (C=N–C) groups is 1. The molecule has 0 saturated carbocycles. The molecule has 0 spiro atoms. The summed E-state index contributed by atoms with van der Waals surface area (Å²) in [5, 5.41) is 3.22. The predicted octanol–water partition coefficient (Wildman–Crippen LogP) is 1.99. The number of aryl methyl sites for hydroxylation is 1. The number of piperazine rings is 1. The third-order valence-corrected chi connectivity index (χ3v) is 4.65. The topological polar surface area (TPSA) is 56.9 Å². The summed E-state index contributed by atoms with van der Waals surface area (Å²) in [6, 6.07) is 6.59. The molecule has 0 radical (unpaired) electrons. The van der Waals surface area contributed by atoms with Crippen molar-refractivity contribution in [3.8, 4) is 0 Å². The first-order chi connectivity index (χ1) is 11.5. The molecule has 0 unspecified atom stereocenters. The Hall–Kier alpha value is -1.75. The van der Waals surface area contributed by atoms with Gasteiger partial charge in [0.1, 0.15) is 0 Å². The maximum absolute atomic E-state index is 5.88. The Morgan fingerprint density at radius 2 is 1.92 bits per heavy atom. The van der Waals surface area contributed by atoms with Crippen molar-refractivity contribution in [2.24, 2.45) is 16.6 Å². The minimum atomic E-state index is 0.545. The smallest absolute Gasteiger partial charge is 0.188 e. The van der Waals surface area contributed by atoms with E-state index in [0.717, 1.165) is 45.8 Å². The minimum Gasteiger partial charge on any atom is -0.370 e. The first-order valence-corrected chi connectivity index (χ1v) is 9.04. The number of nitrogens with zero attached hydrogens (tertiary/aromatic N) is 3. The molecule has 0 aliphatic carbocycles. The van der Waals surface area contributed by atoms with Crippen LogP contribution < -0.4 is 16.0 Å². The van der Waals surface area contributed by atoms with Crippen LogP contribution in [0.1, 0.15) is 25.0 Å². The van der Waals surface area contributed by atoms with Crippen LogP contribution in [-0.4, -0.2) is 56.7 Å². The van der Waals surface area contributed by atoms with Gasteiger partial charge in [0.15, 0.2) is 5.96 Å². The van der Waals surface area contributed by atoms with E-state index in [0.29, 0.717) is 11.9 Å². The fourth-order valence-electron chi connectivity index (χ4n) is 2.97. The second kappa shape index (κ2) is 8.92. The zero-order valence-corrected chi connectivity index (χ0v) is 15.7. The van der Waals surface area contributed by atoms with Crippen molar-refractivity contribution in [3.05, 3.63) is 29.3 Å². The third kappa shape index (κ3) is 5.41. The van der Waals surface area contributed by atoms with E-state index < -0.39 is 0 Å². The lowest BCUT2D eigenvalue weighted by Gasteiger charge is -2.37. The van der Waals surface area contributed by atoms with Gasteiger partial charge in [-0.25, -0.2) is 0 Å². The lowest BCUT2D eigenvalue weighted by Crippen LogP contribution is -2.49. The molecule has 1 aromatic carbocycles. The summed E-state index contributed by atoms with van der Waals surface area (Å²) in [6.45, 7) is 15.7. The Kier molecular flexibility index (Phi) is 6.91. The quantitative estimate of drug-likeness (QED) is 0.618. The summed E-state index contributed by atoms with van der Waals surface area (Å²) in [5.74, 6) is 1.11. The van der Waals surface area contributed by atoms with Gasteiger partial charge >= 0.3 is 0 Å². The number of nitrogens with one attached hydrogen (secondary N) is 1. The van der Waals surface area contributed by atoms with Gasteiger partial charge in [-0.2, -0.15) is 0 Å². The molecule has 2 rings (SSSR count). The van der Waals surface area contributed by atoms with E-state index in [-0.39, 0.29) is 0 Å². The Balaban J connectivity index is 1.73. The summed E-state index contributed by atoms with van der Waals surface area (Å²) in [4.78, 5) is 9.33. The summed E-state index contributed by atoms with van der Waals surface area (Å²) in [7, 11) is 0. The molecule has 1 heterocycles. The molecule has 0 amide bonds. The van der Waals surface area contributed by atoms with Gasteiger partial charge in [0.05, 0.1) is 0 Å². The summed E-state index contributed by atoms with van der Waals surface area (Å²) >= 11 is 0. The van der Waals surface area contributed by atoms with E-state index in [9.17, 15) is 0 Å². The fourth-order valence-corrected chi connectivity index (χ4v) is 2.97. The highest BCUT2D eigenvalue weighted by Gasteiger charge is 2.18. The number of nitrogens with two attached hydrogens (primary N) is 1. The van der Waals surface area contributed by atoms with Crippen LogP contribution in [0.5, 0.6) is 0 Å². The molecule has 3 N–H and O–H groups in total. The van der Waals surface area contributed by atoms with Gasteiger partial charge in [-0.1, -0.05) is 26.0 Å². The van der Waals surface area contributed by atoms with Gasteiger partial charge in [-0.05, 0) is 37.0 Å². The van der Waals surface area contributed by atoms with Crippen LogP contribution >= 0.6 is 0 Å². The molecule has 1 aliphatic rings. The number of guanidine groups is 1. The zero-order chi connectivity index (χ0) is 17.5. The van der Waals surface area contributed by atoms with E-state index in [1.54, 1.807) is 0 Å². The molecule has 1 aromatic rings. The Bertz CT molecular complexity index is 545. The normalized spacial score (nSPS) is 16.7. The van der Waals surface area contributed by atoms with E-state index >= 15 is 0 Å². The molecule has 24 heavy (non-hydrogen) atoms. The second-order valence-electron chi connectivity index (χ2n) is 7.09. The van der Waals surface area contributed by atoms with E-state index in [1.807, 2.05) is 0 Å². The number of rotatable bonds is 6. The van der Waals surface area contributed by atoms with Crippen LogP contribution in [-0.2, 0) is 0 Å². The molecular weight excluding hydrogens is 298 g/mol. The highest BCUT2D eigenvalue weighted by molar-refractivity contribution is 5.77. The molecule has 134 valence electrons. The fraction of sp³-hybridized carbons (Fsp3) is 0.632. The summed E-state index contributed by atoms with van der Waals surface area (Å²) < 4.78 is 0. The van der Waals surface area contributed by atoms with Crippen molar-refractivity contribution >= 4 is 11.6 Å². The van der Waals surface area contributed by atoms with Gasteiger partial charge in [0.25, 0.3) is 0 Å². The number of anilines is 1. The number of benzene rings is 1. The van der Waals surface area contributed by atoms with E-state index in [2.05, 4.69) is 66.0 Å². The molecule has 1 fully saturated rings. The monoisotopic (exact) mass is 331 g/mol. The Labute approximate surface area is 146 Å². The van der Waals surface area contributed by atoms with Crippen molar-refractivity contribution < 1.29 is 0 Å². The molecule has 5 nitrogen and oxygen atoms in total. The molecule has 1 aliphatic heterocycles. The maximum atomic E-state index is 5.88. The van der Waals surface area contributed by atoms with Gasteiger partial charge < -0.3 is 16.0 Å². The van der Waals surface area contributed by atoms with Crippen LogP contribution in [0, 0.1) is 19.8 Å². The van der Waals surface area contributed by atoms with Gasteiger partial charge in [-0.3, -0.25) is 9.89 Å². The molecule has 5 heteroatoms. The summed E-state index contributed by atoms with van der Waals surface area (Å²) in [5.41, 5.74) is 10.0.